The maximum atomic E-state index is 14.4. The highest BCUT2D eigenvalue weighted by molar-refractivity contribution is 8.15. The van der Waals surface area contributed by atoms with Crippen LogP contribution in [0.1, 0.15) is 40.0 Å². The molecule has 1 unspecified atom stereocenters. The van der Waals surface area contributed by atoms with Crippen molar-refractivity contribution in [2.45, 2.75) is 62.6 Å². The molecule has 5 heteroatoms. The molecule has 0 aromatic rings. The molecule has 20 heavy (non-hydrogen) atoms. The summed E-state index contributed by atoms with van der Waals surface area (Å²) in [6.07, 6.45) is 2.85. The number of fused-ring (bicyclic) bond motifs is 2. The lowest BCUT2D eigenvalue weighted by molar-refractivity contribution is 0.105. The van der Waals surface area contributed by atoms with Crippen LogP contribution in [0, 0.1) is 11.8 Å². The molecule has 2 aliphatic carbocycles. The van der Waals surface area contributed by atoms with Crippen LogP contribution >= 0.6 is 11.8 Å². The quantitative estimate of drug-likeness (QED) is 0.824. The molecular weight excluding hydrogens is 275 g/mol. The van der Waals surface area contributed by atoms with Crippen molar-refractivity contribution in [3.8, 4) is 0 Å². The lowest BCUT2D eigenvalue weighted by Crippen LogP contribution is -2.43. The maximum Gasteiger partial charge on any atom is 0.162 e. The number of nitrogens with zero attached hydrogens (tertiary/aromatic N) is 1. The van der Waals surface area contributed by atoms with Gasteiger partial charge < -0.3 is 10.4 Å². The molecule has 0 radical (unpaired) electrons. The number of nitrogens with one attached hydrogen (secondary N) is 1. The first-order valence-electron chi connectivity index (χ1n) is 7.31. The van der Waals surface area contributed by atoms with Gasteiger partial charge in [0.1, 0.15) is 5.67 Å². The number of halogens is 1. The van der Waals surface area contributed by atoms with Gasteiger partial charge in [-0.2, -0.15) is 0 Å². The molecule has 5 atom stereocenters. The van der Waals surface area contributed by atoms with Gasteiger partial charge in [-0.05, 0) is 51.9 Å². The zero-order valence-electron chi connectivity index (χ0n) is 12.3. The van der Waals surface area contributed by atoms with E-state index in [0.29, 0.717) is 23.6 Å². The molecule has 1 aliphatic heterocycles. The summed E-state index contributed by atoms with van der Waals surface area (Å²) in [5.74, 6) is 0.952. The number of hydrogen-bond acceptors (Lipinski definition) is 4. The number of aliphatic hydroxyl groups is 1. The summed E-state index contributed by atoms with van der Waals surface area (Å²) in [5.41, 5.74) is -0.771. The number of aliphatic imine (C=N–C) groups is 1. The molecule has 0 aromatic heterocycles. The van der Waals surface area contributed by atoms with E-state index in [4.69, 9.17) is 0 Å². The lowest BCUT2D eigenvalue weighted by Gasteiger charge is -2.34. The number of alkyl halides is 1. The number of rotatable bonds is 2. The van der Waals surface area contributed by atoms with Crippen molar-refractivity contribution in [2.75, 3.05) is 0 Å². The summed E-state index contributed by atoms with van der Waals surface area (Å²) in [4.78, 5) is 4.45. The van der Waals surface area contributed by atoms with Crippen molar-refractivity contribution in [3.05, 3.63) is 12.3 Å². The van der Waals surface area contributed by atoms with E-state index < -0.39 is 10.4 Å². The van der Waals surface area contributed by atoms with E-state index in [1.807, 2.05) is 6.92 Å². The third kappa shape index (κ3) is 2.10. The molecule has 3 rings (SSSR count). The molecule has 0 spiro atoms. The number of aliphatic hydroxyl groups excluding tert-OH is 1. The van der Waals surface area contributed by atoms with Crippen LogP contribution in [0.3, 0.4) is 0 Å². The molecule has 2 N–H and O–H groups in total. The van der Waals surface area contributed by atoms with Crippen LogP contribution < -0.4 is 5.32 Å². The first kappa shape index (κ1) is 14.4. The van der Waals surface area contributed by atoms with Crippen molar-refractivity contribution in [1.29, 1.82) is 0 Å². The van der Waals surface area contributed by atoms with E-state index in [2.05, 4.69) is 16.9 Å². The Bertz CT molecular complexity index is 471. The average molecular weight is 298 g/mol. The Morgan fingerprint density at radius 2 is 2.10 bits per heavy atom. The monoisotopic (exact) mass is 298 g/mol. The van der Waals surface area contributed by atoms with Crippen LogP contribution in [-0.2, 0) is 0 Å². The number of hydrogen-bond donors (Lipinski definition) is 2. The summed E-state index contributed by atoms with van der Waals surface area (Å²) < 4.78 is 13.7. The second-order valence-electron chi connectivity index (χ2n) is 7.02. The van der Waals surface area contributed by atoms with Gasteiger partial charge in [0.25, 0.3) is 0 Å². The standard InChI is InChI=1S/C15H23FN2OS/c1-8-15(4,14(2,3)16)20-13(17-8)18-11-6-10-5-9(11)7-12(10)19/h9-12,19H,1,5-7H2,2-4H3,(H,17,18)/t9-,10-,11+,12+,15?/m1/s1. The van der Waals surface area contributed by atoms with Gasteiger partial charge in [0.05, 0.1) is 16.5 Å². The van der Waals surface area contributed by atoms with E-state index in [1.54, 1.807) is 13.8 Å². The summed E-state index contributed by atoms with van der Waals surface area (Å²) in [6.45, 7) is 8.96. The molecule has 0 aromatic carbocycles. The molecule has 2 fully saturated rings. The highest BCUT2D eigenvalue weighted by Gasteiger charge is 2.51. The minimum Gasteiger partial charge on any atom is -0.393 e. The van der Waals surface area contributed by atoms with Gasteiger partial charge >= 0.3 is 0 Å². The third-order valence-electron chi connectivity index (χ3n) is 5.35. The Morgan fingerprint density at radius 1 is 1.40 bits per heavy atom. The largest absolute Gasteiger partial charge is 0.393 e. The Labute approximate surface area is 124 Å². The van der Waals surface area contributed by atoms with E-state index in [9.17, 15) is 9.50 Å². The molecule has 1 heterocycles. The zero-order valence-corrected chi connectivity index (χ0v) is 13.1. The predicted octanol–water partition coefficient (Wildman–Crippen LogP) is 2.86. The summed E-state index contributed by atoms with van der Waals surface area (Å²) in [6, 6.07) is 0.368. The molecule has 2 saturated carbocycles. The van der Waals surface area contributed by atoms with Gasteiger partial charge in [-0.15, -0.1) is 0 Å². The van der Waals surface area contributed by atoms with Crippen molar-refractivity contribution in [3.63, 3.8) is 0 Å². The van der Waals surface area contributed by atoms with Crippen molar-refractivity contribution in [1.82, 2.24) is 5.32 Å². The summed E-state index contributed by atoms with van der Waals surface area (Å²) in [5, 5.41) is 14.1. The van der Waals surface area contributed by atoms with Crippen molar-refractivity contribution in [2.24, 2.45) is 16.8 Å². The molecule has 112 valence electrons. The van der Waals surface area contributed by atoms with Gasteiger partial charge in [0.2, 0.25) is 0 Å². The average Bonchev–Trinajstić information content (AvgIpc) is 2.93. The minimum absolute atomic E-state index is 0.124. The smallest absolute Gasteiger partial charge is 0.162 e. The van der Waals surface area contributed by atoms with Crippen LogP contribution in [0.5, 0.6) is 0 Å². The molecule has 3 nitrogen and oxygen atoms in total. The molecular formula is C15H23FN2OS. The molecule has 0 amide bonds. The molecule has 2 bridgehead atoms. The molecule has 3 aliphatic rings. The van der Waals surface area contributed by atoms with E-state index >= 15 is 0 Å². The molecule has 0 saturated heterocycles. The Morgan fingerprint density at radius 3 is 2.55 bits per heavy atom. The normalized spacial score (nSPS) is 44.0. The highest BCUT2D eigenvalue weighted by atomic mass is 32.2. The fraction of sp³-hybridized carbons (Fsp3) is 0.800. The van der Waals surface area contributed by atoms with Crippen LogP contribution in [0.2, 0.25) is 0 Å². The fourth-order valence-corrected chi connectivity index (χ4v) is 4.77. The topological polar surface area (TPSA) is 44.6 Å². The first-order chi connectivity index (χ1) is 9.20. The second-order valence-corrected chi connectivity index (χ2v) is 8.42. The Balaban J connectivity index is 1.67. The van der Waals surface area contributed by atoms with Gasteiger partial charge in [0.15, 0.2) is 5.17 Å². The van der Waals surface area contributed by atoms with Crippen LogP contribution in [0.15, 0.2) is 17.3 Å². The lowest BCUT2D eigenvalue weighted by atomic mass is 9.91. The van der Waals surface area contributed by atoms with Crippen LogP contribution in [0.25, 0.3) is 0 Å². The zero-order chi connectivity index (χ0) is 14.7. The highest BCUT2D eigenvalue weighted by Crippen LogP contribution is 2.50. The first-order valence-corrected chi connectivity index (χ1v) is 8.13. The summed E-state index contributed by atoms with van der Waals surface area (Å²) >= 11 is 1.44. The van der Waals surface area contributed by atoms with Gasteiger partial charge in [0, 0.05) is 6.04 Å². The van der Waals surface area contributed by atoms with Crippen molar-refractivity contribution < 1.29 is 9.50 Å². The van der Waals surface area contributed by atoms with E-state index in [-0.39, 0.29) is 6.10 Å². The predicted molar refractivity (Wildman–Crippen MR) is 81.5 cm³/mol. The SMILES string of the molecule is C=C1N=C(N[C@H]2C[C@H]3C[C@@H]2C[C@@H]3O)SC1(C)C(C)(C)F. The summed E-state index contributed by atoms with van der Waals surface area (Å²) in [7, 11) is 0. The van der Waals surface area contributed by atoms with Crippen LogP contribution in [-0.4, -0.2) is 32.8 Å². The Hall–Kier alpha value is -0.550. The minimum atomic E-state index is -1.37. The number of thioether (sulfide) groups is 1. The van der Waals surface area contributed by atoms with E-state index in [0.717, 1.165) is 24.4 Å². The third-order valence-corrected chi connectivity index (χ3v) is 6.88. The fourth-order valence-electron chi connectivity index (χ4n) is 3.61. The number of amidine groups is 1. The second kappa shape index (κ2) is 4.47. The van der Waals surface area contributed by atoms with Crippen LogP contribution in [0.4, 0.5) is 4.39 Å². The van der Waals surface area contributed by atoms with Gasteiger partial charge in [-0.3, -0.25) is 0 Å². The van der Waals surface area contributed by atoms with Gasteiger partial charge in [-0.25, -0.2) is 9.38 Å². The Kier molecular flexibility index (Phi) is 3.22. The van der Waals surface area contributed by atoms with E-state index in [1.165, 1.54) is 11.8 Å². The van der Waals surface area contributed by atoms with Crippen molar-refractivity contribution >= 4 is 16.9 Å². The maximum absolute atomic E-state index is 14.4. The van der Waals surface area contributed by atoms with Gasteiger partial charge in [-0.1, -0.05) is 18.3 Å².